The average molecular weight is 329 g/mol. The molecule has 1 saturated heterocycles. The van der Waals surface area contributed by atoms with Crippen LogP contribution in [0.4, 0.5) is 0 Å². The van der Waals surface area contributed by atoms with Gasteiger partial charge in [0.25, 0.3) is 0 Å². The Hall–Kier alpha value is -1.55. The van der Waals surface area contributed by atoms with E-state index in [0.717, 1.165) is 44.0 Å². The van der Waals surface area contributed by atoms with Gasteiger partial charge in [-0.25, -0.2) is 4.99 Å². The predicted molar refractivity (Wildman–Crippen MR) is 101 cm³/mol. The summed E-state index contributed by atoms with van der Waals surface area (Å²) in [5.74, 6) is 1.71. The molecule has 1 aromatic carbocycles. The maximum atomic E-state index is 4.80. The topological polar surface area (TPSA) is 39.7 Å². The van der Waals surface area contributed by atoms with Crippen molar-refractivity contribution in [3.8, 4) is 0 Å². The zero-order chi connectivity index (χ0) is 16.8. The molecule has 0 spiro atoms. The van der Waals surface area contributed by atoms with Gasteiger partial charge in [-0.2, -0.15) is 0 Å². The Morgan fingerprint density at radius 1 is 1.12 bits per heavy atom. The third-order valence-electron chi connectivity index (χ3n) is 5.19. The average Bonchev–Trinajstić information content (AvgIpc) is 3.36. The molecule has 0 radical (unpaired) electrons. The Kier molecular flexibility index (Phi) is 6.13. The summed E-state index contributed by atoms with van der Waals surface area (Å²) in [7, 11) is 0. The van der Waals surface area contributed by atoms with Crippen LogP contribution in [0.15, 0.2) is 29.3 Å². The first-order chi connectivity index (χ1) is 11.8. The van der Waals surface area contributed by atoms with Crippen molar-refractivity contribution in [2.45, 2.75) is 52.1 Å². The van der Waals surface area contributed by atoms with Crippen molar-refractivity contribution in [2.75, 3.05) is 26.2 Å². The number of aliphatic imine (C=N–C) groups is 1. The van der Waals surface area contributed by atoms with Gasteiger partial charge in [0.05, 0.1) is 6.54 Å². The quantitative estimate of drug-likeness (QED) is 0.597. The fourth-order valence-electron chi connectivity index (χ4n) is 3.60. The fraction of sp³-hybridized carbons (Fsp3) is 0.650. The van der Waals surface area contributed by atoms with Crippen LogP contribution in [0.25, 0.3) is 0 Å². The number of guanidine groups is 1. The summed E-state index contributed by atoms with van der Waals surface area (Å²) in [5.41, 5.74) is 2.73. The lowest BCUT2D eigenvalue weighted by molar-refractivity contribution is 0.314. The van der Waals surface area contributed by atoms with Crippen LogP contribution in [0, 0.1) is 5.92 Å². The number of rotatable bonds is 7. The van der Waals surface area contributed by atoms with Gasteiger partial charge in [-0.1, -0.05) is 31.2 Å². The molecule has 2 aliphatic rings. The summed E-state index contributed by atoms with van der Waals surface area (Å²) in [6.45, 7) is 9.56. The monoisotopic (exact) mass is 328 g/mol. The molecule has 1 aliphatic heterocycles. The summed E-state index contributed by atoms with van der Waals surface area (Å²) in [6.07, 6.45) is 5.22. The van der Waals surface area contributed by atoms with Crippen molar-refractivity contribution < 1.29 is 0 Å². The van der Waals surface area contributed by atoms with Crippen LogP contribution in [-0.2, 0) is 13.0 Å². The lowest BCUT2D eigenvalue weighted by atomic mass is 10.1. The Morgan fingerprint density at radius 2 is 1.92 bits per heavy atom. The Labute approximate surface area is 146 Å². The van der Waals surface area contributed by atoms with Gasteiger partial charge < -0.3 is 15.5 Å². The number of benzene rings is 1. The molecule has 1 aromatic rings. The fourth-order valence-corrected chi connectivity index (χ4v) is 3.60. The van der Waals surface area contributed by atoms with Crippen molar-refractivity contribution in [1.29, 1.82) is 0 Å². The molecule has 1 atom stereocenters. The standard InChI is InChI=1S/C20H32N4/c1-3-17-7-5-6-8-18(17)14-23-20(21-4-2)22-13-16-11-12-24(15-16)19-9-10-19/h5-8,16,19H,3-4,9-15H2,1-2H3,(H2,21,22,23). The van der Waals surface area contributed by atoms with E-state index in [-0.39, 0.29) is 0 Å². The van der Waals surface area contributed by atoms with Crippen LogP contribution in [0.5, 0.6) is 0 Å². The molecule has 0 amide bonds. The van der Waals surface area contributed by atoms with Crippen LogP contribution in [0.1, 0.15) is 44.2 Å². The van der Waals surface area contributed by atoms with Gasteiger partial charge in [-0.15, -0.1) is 0 Å². The van der Waals surface area contributed by atoms with E-state index < -0.39 is 0 Å². The van der Waals surface area contributed by atoms with Crippen molar-refractivity contribution in [1.82, 2.24) is 15.5 Å². The van der Waals surface area contributed by atoms with E-state index in [1.54, 1.807) is 0 Å². The molecular formula is C20H32N4. The molecule has 2 N–H and O–H groups in total. The van der Waals surface area contributed by atoms with Gasteiger partial charge >= 0.3 is 0 Å². The van der Waals surface area contributed by atoms with Gasteiger partial charge in [-0.05, 0) is 56.2 Å². The minimum atomic E-state index is 0.748. The maximum absolute atomic E-state index is 4.80. The number of hydrogen-bond acceptors (Lipinski definition) is 2. The summed E-state index contributed by atoms with van der Waals surface area (Å²) in [5, 5.41) is 6.95. The van der Waals surface area contributed by atoms with Crippen molar-refractivity contribution in [2.24, 2.45) is 10.9 Å². The van der Waals surface area contributed by atoms with E-state index in [9.17, 15) is 0 Å². The van der Waals surface area contributed by atoms with Gasteiger partial charge in [-0.3, -0.25) is 0 Å². The predicted octanol–water partition coefficient (Wildman–Crippen LogP) is 2.79. The molecule has 0 aromatic heterocycles. The SMILES string of the molecule is CCNC(=NCc1ccccc1CC)NCC1CCN(C2CC2)C1. The number of aryl methyl sites for hydroxylation is 1. The molecule has 1 saturated carbocycles. The number of likely N-dealkylation sites (tertiary alicyclic amines) is 1. The third-order valence-corrected chi connectivity index (χ3v) is 5.19. The largest absolute Gasteiger partial charge is 0.357 e. The Morgan fingerprint density at radius 3 is 2.62 bits per heavy atom. The second-order valence-electron chi connectivity index (χ2n) is 7.08. The van der Waals surface area contributed by atoms with Gasteiger partial charge in [0.2, 0.25) is 0 Å². The second kappa shape index (κ2) is 8.52. The summed E-state index contributed by atoms with van der Waals surface area (Å²) in [4.78, 5) is 7.48. The molecule has 4 heteroatoms. The first-order valence-electron chi connectivity index (χ1n) is 9.63. The summed E-state index contributed by atoms with van der Waals surface area (Å²) >= 11 is 0. The smallest absolute Gasteiger partial charge is 0.191 e. The zero-order valence-corrected chi connectivity index (χ0v) is 15.2. The molecular weight excluding hydrogens is 296 g/mol. The van der Waals surface area contributed by atoms with Gasteiger partial charge in [0, 0.05) is 25.7 Å². The van der Waals surface area contributed by atoms with E-state index in [1.165, 1.54) is 43.5 Å². The highest BCUT2D eigenvalue weighted by Crippen LogP contribution is 2.31. The van der Waals surface area contributed by atoms with Crippen LogP contribution in [0.2, 0.25) is 0 Å². The van der Waals surface area contributed by atoms with Gasteiger partial charge in [0.15, 0.2) is 5.96 Å². The number of nitrogens with one attached hydrogen (secondary N) is 2. The van der Waals surface area contributed by atoms with Crippen molar-refractivity contribution in [3.63, 3.8) is 0 Å². The summed E-state index contributed by atoms with van der Waals surface area (Å²) < 4.78 is 0. The maximum Gasteiger partial charge on any atom is 0.191 e. The normalized spacial score (nSPS) is 21.9. The molecule has 1 unspecified atom stereocenters. The van der Waals surface area contributed by atoms with Crippen LogP contribution in [-0.4, -0.2) is 43.1 Å². The molecule has 2 fully saturated rings. The van der Waals surface area contributed by atoms with E-state index in [1.807, 2.05) is 0 Å². The highest BCUT2D eigenvalue weighted by molar-refractivity contribution is 5.79. The Bertz CT molecular complexity index is 550. The Balaban J connectivity index is 1.51. The second-order valence-corrected chi connectivity index (χ2v) is 7.08. The molecule has 1 aliphatic carbocycles. The first kappa shape index (κ1) is 17.3. The number of nitrogens with zero attached hydrogens (tertiary/aromatic N) is 2. The zero-order valence-electron chi connectivity index (χ0n) is 15.2. The highest BCUT2D eigenvalue weighted by Gasteiger charge is 2.34. The molecule has 4 nitrogen and oxygen atoms in total. The van der Waals surface area contributed by atoms with E-state index >= 15 is 0 Å². The van der Waals surface area contributed by atoms with E-state index in [4.69, 9.17) is 4.99 Å². The lowest BCUT2D eigenvalue weighted by Gasteiger charge is -2.17. The lowest BCUT2D eigenvalue weighted by Crippen LogP contribution is -2.40. The van der Waals surface area contributed by atoms with E-state index in [0.29, 0.717) is 0 Å². The van der Waals surface area contributed by atoms with E-state index in [2.05, 4.69) is 53.6 Å². The van der Waals surface area contributed by atoms with Crippen LogP contribution in [0.3, 0.4) is 0 Å². The molecule has 0 bridgehead atoms. The minimum absolute atomic E-state index is 0.748. The van der Waals surface area contributed by atoms with Crippen LogP contribution < -0.4 is 10.6 Å². The van der Waals surface area contributed by atoms with Crippen molar-refractivity contribution >= 4 is 5.96 Å². The van der Waals surface area contributed by atoms with Gasteiger partial charge in [0.1, 0.15) is 0 Å². The van der Waals surface area contributed by atoms with Crippen LogP contribution >= 0.6 is 0 Å². The molecule has 3 rings (SSSR count). The third kappa shape index (κ3) is 4.73. The molecule has 24 heavy (non-hydrogen) atoms. The first-order valence-corrected chi connectivity index (χ1v) is 9.63. The summed E-state index contributed by atoms with van der Waals surface area (Å²) in [6, 6.07) is 9.52. The molecule has 1 heterocycles. The van der Waals surface area contributed by atoms with Crippen molar-refractivity contribution in [3.05, 3.63) is 35.4 Å². The number of hydrogen-bond donors (Lipinski definition) is 2. The minimum Gasteiger partial charge on any atom is -0.357 e. The molecule has 132 valence electrons. The highest BCUT2D eigenvalue weighted by atomic mass is 15.2.